The minimum atomic E-state index is -0.428. The standard InChI is InChI=1S/C29H30N8O4/c38-27(18-37-19-32-33-34-37)35-12-4-10-31-28(39)25-17-36(16-24(25)20-5-3-6-21(15-20)41-14-13-35)29(40)23-9-11-30-26-8-2-1-7-22(23)26/h1-3,5-9,11,15,19,24-25H,4,10,12-14,16-18H2,(H,31,39)/t24-,25+/m1/s1. The van der Waals surface area contributed by atoms with Crippen LogP contribution in [0, 0.1) is 5.92 Å². The van der Waals surface area contributed by atoms with E-state index < -0.39 is 5.92 Å². The number of amides is 3. The topological polar surface area (TPSA) is 135 Å². The molecular formula is C29H30N8O4. The van der Waals surface area contributed by atoms with Crippen LogP contribution in [0.25, 0.3) is 10.9 Å². The Bertz CT molecular complexity index is 1550. The van der Waals surface area contributed by atoms with Crippen molar-refractivity contribution >= 4 is 28.6 Å². The van der Waals surface area contributed by atoms with Gasteiger partial charge in [-0.1, -0.05) is 30.3 Å². The van der Waals surface area contributed by atoms with Gasteiger partial charge in [-0.2, -0.15) is 0 Å². The highest BCUT2D eigenvalue weighted by atomic mass is 16.5. The average Bonchev–Trinajstić information content (AvgIpc) is 3.68. The number of rotatable bonds is 3. The maximum atomic E-state index is 13.7. The number of nitrogens with one attached hydrogen (secondary N) is 1. The lowest BCUT2D eigenvalue weighted by atomic mass is 9.88. The van der Waals surface area contributed by atoms with E-state index in [0.717, 1.165) is 16.5 Å². The van der Waals surface area contributed by atoms with Crippen LogP contribution >= 0.6 is 0 Å². The van der Waals surface area contributed by atoms with Crippen molar-refractivity contribution in [1.82, 2.24) is 40.3 Å². The zero-order valence-electron chi connectivity index (χ0n) is 22.4. The molecule has 41 heavy (non-hydrogen) atoms. The molecule has 2 aliphatic rings. The van der Waals surface area contributed by atoms with E-state index in [0.29, 0.717) is 57.1 Å². The van der Waals surface area contributed by atoms with Gasteiger partial charge in [0.2, 0.25) is 11.8 Å². The number of hydrogen-bond donors (Lipinski definition) is 1. The summed E-state index contributed by atoms with van der Waals surface area (Å²) >= 11 is 0. The largest absolute Gasteiger partial charge is 0.492 e. The van der Waals surface area contributed by atoms with E-state index in [1.165, 1.54) is 11.0 Å². The summed E-state index contributed by atoms with van der Waals surface area (Å²) in [4.78, 5) is 48.0. The Kier molecular flexibility index (Phi) is 7.52. The average molecular weight is 555 g/mol. The van der Waals surface area contributed by atoms with Crippen molar-refractivity contribution in [2.45, 2.75) is 18.9 Å². The van der Waals surface area contributed by atoms with Crippen molar-refractivity contribution in [3.05, 3.63) is 78.2 Å². The fourth-order valence-electron chi connectivity index (χ4n) is 5.60. The predicted molar refractivity (Wildman–Crippen MR) is 148 cm³/mol. The van der Waals surface area contributed by atoms with Crippen LogP contribution in [-0.4, -0.2) is 92.0 Å². The highest BCUT2D eigenvalue weighted by molar-refractivity contribution is 6.06. The Morgan fingerprint density at radius 3 is 2.76 bits per heavy atom. The highest BCUT2D eigenvalue weighted by Gasteiger charge is 2.41. The van der Waals surface area contributed by atoms with Crippen molar-refractivity contribution in [3.63, 3.8) is 0 Å². The molecule has 210 valence electrons. The molecule has 0 aliphatic carbocycles. The summed E-state index contributed by atoms with van der Waals surface area (Å²) in [6.45, 7) is 2.27. The zero-order chi connectivity index (χ0) is 28.2. The van der Waals surface area contributed by atoms with Gasteiger partial charge in [0.1, 0.15) is 25.2 Å². The van der Waals surface area contributed by atoms with Crippen LogP contribution in [0.3, 0.4) is 0 Å². The Morgan fingerprint density at radius 1 is 1.00 bits per heavy atom. The summed E-state index contributed by atoms with van der Waals surface area (Å²) in [5, 5.41) is 14.8. The van der Waals surface area contributed by atoms with Crippen LogP contribution in [0.15, 0.2) is 67.1 Å². The molecule has 3 amide bonds. The summed E-state index contributed by atoms with van der Waals surface area (Å²) in [5.74, 6) is -0.334. The van der Waals surface area contributed by atoms with Gasteiger partial charge in [-0.05, 0) is 46.7 Å². The molecule has 4 heterocycles. The number of hydrogen-bond acceptors (Lipinski definition) is 8. The summed E-state index contributed by atoms with van der Waals surface area (Å²) in [7, 11) is 0. The van der Waals surface area contributed by atoms with E-state index in [4.69, 9.17) is 4.74 Å². The number of ether oxygens (including phenoxy) is 1. The summed E-state index contributed by atoms with van der Waals surface area (Å²) in [6.07, 6.45) is 3.61. The van der Waals surface area contributed by atoms with Crippen molar-refractivity contribution in [1.29, 1.82) is 0 Å². The number of fused-ring (bicyclic) bond motifs is 5. The number of likely N-dealkylation sites (tertiary alicyclic amines) is 1. The SMILES string of the molecule is O=C1NCCCN(C(=O)Cn2cnnn2)CCOc2cccc(c2)[C@H]2CN(C(=O)c3ccnc4ccccc34)C[C@H]12. The van der Waals surface area contributed by atoms with E-state index >= 15 is 0 Å². The fourth-order valence-corrected chi connectivity index (χ4v) is 5.60. The molecule has 1 N–H and O–H groups in total. The van der Waals surface area contributed by atoms with Crippen LogP contribution in [0.2, 0.25) is 0 Å². The number of para-hydroxylation sites is 1. The van der Waals surface area contributed by atoms with E-state index in [1.54, 1.807) is 22.1 Å². The van der Waals surface area contributed by atoms with Gasteiger partial charge in [0.05, 0.1) is 23.5 Å². The van der Waals surface area contributed by atoms with Gasteiger partial charge in [0.15, 0.2) is 0 Å². The minimum Gasteiger partial charge on any atom is -0.492 e. The molecule has 2 bridgehead atoms. The first-order valence-corrected chi connectivity index (χ1v) is 13.7. The van der Waals surface area contributed by atoms with Gasteiger partial charge in [-0.15, -0.1) is 5.10 Å². The van der Waals surface area contributed by atoms with E-state index in [1.807, 2.05) is 48.5 Å². The summed E-state index contributed by atoms with van der Waals surface area (Å²) in [6, 6.07) is 17.0. The molecule has 2 aromatic carbocycles. The zero-order valence-corrected chi connectivity index (χ0v) is 22.4. The van der Waals surface area contributed by atoms with Crippen LogP contribution < -0.4 is 10.1 Å². The molecule has 2 atom stereocenters. The number of benzene rings is 2. The Morgan fingerprint density at radius 2 is 1.88 bits per heavy atom. The third-order valence-electron chi connectivity index (χ3n) is 7.68. The lowest BCUT2D eigenvalue weighted by molar-refractivity contribution is -0.132. The molecule has 1 saturated heterocycles. The van der Waals surface area contributed by atoms with E-state index in [9.17, 15) is 14.4 Å². The van der Waals surface area contributed by atoms with Crippen molar-refractivity contribution in [2.24, 2.45) is 5.92 Å². The molecule has 2 aromatic heterocycles. The second-order valence-electron chi connectivity index (χ2n) is 10.3. The third-order valence-corrected chi connectivity index (χ3v) is 7.68. The molecule has 2 aliphatic heterocycles. The van der Waals surface area contributed by atoms with Crippen LogP contribution in [0.1, 0.15) is 28.3 Å². The molecule has 6 rings (SSSR count). The van der Waals surface area contributed by atoms with Crippen molar-refractivity contribution in [2.75, 3.05) is 39.3 Å². The summed E-state index contributed by atoms with van der Waals surface area (Å²) < 4.78 is 7.42. The van der Waals surface area contributed by atoms with Gasteiger partial charge in [0, 0.05) is 43.7 Å². The Balaban J connectivity index is 1.22. The third kappa shape index (κ3) is 5.72. The number of aromatic nitrogens is 5. The van der Waals surface area contributed by atoms with Gasteiger partial charge < -0.3 is 19.9 Å². The number of carbonyl (C=O) groups excluding carboxylic acids is 3. The molecular weight excluding hydrogens is 524 g/mol. The van der Waals surface area contributed by atoms with Gasteiger partial charge in [0.25, 0.3) is 5.91 Å². The van der Waals surface area contributed by atoms with Crippen molar-refractivity contribution < 1.29 is 19.1 Å². The molecule has 0 spiro atoms. The van der Waals surface area contributed by atoms with Crippen LogP contribution in [0.4, 0.5) is 0 Å². The lowest BCUT2D eigenvalue weighted by Crippen LogP contribution is -2.40. The van der Waals surface area contributed by atoms with Crippen LogP contribution in [0.5, 0.6) is 5.75 Å². The van der Waals surface area contributed by atoms with Gasteiger partial charge in [-0.3, -0.25) is 19.4 Å². The van der Waals surface area contributed by atoms with Crippen LogP contribution in [-0.2, 0) is 16.1 Å². The maximum Gasteiger partial charge on any atom is 0.254 e. The highest BCUT2D eigenvalue weighted by Crippen LogP contribution is 2.36. The first kappa shape index (κ1) is 26.4. The molecule has 12 nitrogen and oxygen atoms in total. The monoisotopic (exact) mass is 554 g/mol. The molecule has 0 radical (unpaired) electrons. The number of nitrogens with zero attached hydrogens (tertiary/aromatic N) is 7. The first-order valence-electron chi connectivity index (χ1n) is 13.7. The summed E-state index contributed by atoms with van der Waals surface area (Å²) in [5.41, 5.74) is 2.26. The quantitative estimate of drug-likeness (QED) is 0.403. The minimum absolute atomic E-state index is 0.0230. The normalized spacial score (nSPS) is 19.7. The Labute approximate surface area is 236 Å². The van der Waals surface area contributed by atoms with E-state index in [2.05, 4.69) is 25.8 Å². The van der Waals surface area contributed by atoms with E-state index in [-0.39, 0.29) is 30.2 Å². The van der Waals surface area contributed by atoms with Crippen molar-refractivity contribution in [3.8, 4) is 5.75 Å². The molecule has 12 heteroatoms. The van der Waals surface area contributed by atoms with Gasteiger partial charge in [-0.25, -0.2) is 4.68 Å². The molecule has 1 fully saturated rings. The molecule has 0 saturated carbocycles. The maximum absolute atomic E-state index is 13.7. The number of pyridine rings is 1. The lowest BCUT2D eigenvalue weighted by Gasteiger charge is -2.24. The predicted octanol–water partition coefficient (Wildman–Crippen LogP) is 1.50. The van der Waals surface area contributed by atoms with Gasteiger partial charge >= 0.3 is 0 Å². The number of tetrazole rings is 1. The smallest absolute Gasteiger partial charge is 0.254 e. The second-order valence-corrected chi connectivity index (χ2v) is 10.3. The Hall–Kier alpha value is -4.87. The second kappa shape index (κ2) is 11.7. The molecule has 4 aromatic rings. The molecule has 0 unspecified atom stereocenters. The first-order chi connectivity index (χ1) is 20.1. The fraction of sp³-hybridized carbons (Fsp3) is 0.345. The number of carbonyl (C=O) groups is 3.